The second-order valence-electron chi connectivity index (χ2n) is 7.35. The lowest BCUT2D eigenvalue weighted by atomic mass is 9.91. The first-order valence-electron chi connectivity index (χ1n) is 10.8. The molecule has 0 aliphatic carbocycles. The lowest BCUT2D eigenvalue weighted by Gasteiger charge is -2.13. The molecule has 0 amide bonds. The van der Waals surface area contributed by atoms with Crippen molar-refractivity contribution in [3.05, 3.63) is 0 Å². The molecule has 0 saturated carbocycles. The van der Waals surface area contributed by atoms with Crippen molar-refractivity contribution in [3.8, 4) is 0 Å². The molecule has 0 saturated heterocycles. The average Bonchev–Trinajstić information content (AvgIpc) is 2.57. The van der Waals surface area contributed by atoms with Crippen LogP contribution in [0, 0.1) is 5.92 Å². The second kappa shape index (κ2) is 18.0. The fraction of sp³-hybridized carbons (Fsp3) is 0.955. The third kappa shape index (κ3) is 15.0. The molecule has 1 nitrogen and oxygen atoms in total. The Morgan fingerprint density at radius 2 is 1.04 bits per heavy atom. The molecule has 0 aliphatic heterocycles. The van der Waals surface area contributed by atoms with Gasteiger partial charge in [0, 0.05) is 12.3 Å². The van der Waals surface area contributed by atoms with E-state index in [0.717, 1.165) is 32.1 Å². The minimum Gasteiger partial charge on any atom is -0.299 e. The minimum atomic E-state index is 0.352. The van der Waals surface area contributed by atoms with Crippen LogP contribution < -0.4 is 0 Å². The van der Waals surface area contributed by atoms with Gasteiger partial charge in [-0.3, -0.25) is 4.79 Å². The van der Waals surface area contributed by atoms with Gasteiger partial charge in [0.15, 0.2) is 0 Å². The fourth-order valence-corrected chi connectivity index (χ4v) is 3.38. The SMILES string of the molecule is CCCCCCCCCCCCCCC(CC)C(=O)CCCC. The Hall–Kier alpha value is -0.330. The van der Waals surface area contributed by atoms with Crippen LogP contribution in [-0.2, 0) is 4.79 Å². The summed E-state index contributed by atoms with van der Waals surface area (Å²) in [4.78, 5) is 12.1. The summed E-state index contributed by atoms with van der Waals surface area (Å²) in [5.74, 6) is 0.877. The molecule has 0 fully saturated rings. The molecule has 0 bridgehead atoms. The number of rotatable bonds is 18. The van der Waals surface area contributed by atoms with Gasteiger partial charge in [-0.2, -0.15) is 0 Å². The van der Waals surface area contributed by atoms with Crippen LogP contribution in [0.25, 0.3) is 0 Å². The Balaban J connectivity index is 3.35. The normalized spacial score (nSPS) is 12.5. The van der Waals surface area contributed by atoms with Crippen molar-refractivity contribution in [2.75, 3.05) is 0 Å². The van der Waals surface area contributed by atoms with Crippen molar-refractivity contribution < 1.29 is 4.79 Å². The van der Waals surface area contributed by atoms with Crippen LogP contribution in [0.3, 0.4) is 0 Å². The molecule has 0 aromatic rings. The average molecular weight is 325 g/mol. The third-order valence-corrected chi connectivity index (χ3v) is 5.13. The maximum absolute atomic E-state index is 12.1. The Morgan fingerprint density at radius 1 is 0.609 bits per heavy atom. The van der Waals surface area contributed by atoms with Gasteiger partial charge in [0.25, 0.3) is 0 Å². The Bertz CT molecular complexity index is 246. The lowest BCUT2D eigenvalue weighted by molar-refractivity contribution is -0.123. The number of Topliss-reactive ketones (excluding diaryl/α,β-unsaturated/α-hetero) is 1. The van der Waals surface area contributed by atoms with E-state index in [1.165, 1.54) is 77.0 Å². The van der Waals surface area contributed by atoms with Crippen molar-refractivity contribution in [2.24, 2.45) is 5.92 Å². The van der Waals surface area contributed by atoms with Crippen LogP contribution >= 0.6 is 0 Å². The summed E-state index contributed by atoms with van der Waals surface area (Å²) in [6.07, 6.45) is 21.9. The van der Waals surface area contributed by atoms with E-state index in [9.17, 15) is 4.79 Å². The number of hydrogen-bond acceptors (Lipinski definition) is 1. The predicted molar refractivity (Wildman–Crippen MR) is 104 cm³/mol. The summed E-state index contributed by atoms with van der Waals surface area (Å²) < 4.78 is 0. The van der Waals surface area contributed by atoms with Gasteiger partial charge in [-0.15, -0.1) is 0 Å². The molecule has 0 rings (SSSR count). The van der Waals surface area contributed by atoms with E-state index in [1.807, 2.05) is 0 Å². The molecule has 1 heteroatoms. The number of hydrogen-bond donors (Lipinski definition) is 0. The topological polar surface area (TPSA) is 17.1 Å². The van der Waals surface area contributed by atoms with Gasteiger partial charge < -0.3 is 0 Å². The van der Waals surface area contributed by atoms with Crippen molar-refractivity contribution in [2.45, 2.75) is 130 Å². The van der Waals surface area contributed by atoms with E-state index >= 15 is 0 Å². The van der Waals surface area contributed by atoms with Crippen molar-refractivity contribution in [1.82, 2.24) is 0 Å². The predicted octanol–water partition coefficient (Wildman–Crippen LogP) is 7.86. The summed E-state index contributed by atoms with van der Waals surface area (Å²) in [6, 6.07) is 0. The standard InChI is InChI=1S/C22H44O/c1-4-7-9-10-11-12-13-14-15-16-17-18-19-21(6-3)22(23)20-8-5-2/h21H,4-20H2,1-3H3. The molecular formula is C22H44O. The molecule has 0 radical (unpaired) electrons. The van der Waals surface area contributed by atoms with Crippen LogP contribution in [0.5, 0.6) is 0 Å². The van der Waals surface area contributed by atoms with E-state index in [4.69, 9.17) is 0 Å². The van der Waals surface area contributed by atoms with Gasteiger partial charge in [-0.05, 0) is 19.3 Å². The zero-order valence-electron chi connectivity index (χ0n) is 16.5. The summed E-state index contributed by atoms with van der Waals surface area (Å²) in [6.45, 7) is 6.62. The highest BCUT2D eigenvalue weighted by atomic mass is 16.1. The molecule has 1 atom stereocenters. The summed E-state index contributed by atoms with van der Waals surface area (Å²) in [5, 5.41) is 0. The third-order valence-electron chi connectivity index (χ3n) is 5.13. The van der Waals surface area contributed by atoms with Gasteiger partial charge in [-0.25, -0.2) is 0 Å². The number of ketones is 1. The smallest absolute Gasteiger partial charge is 0.135 e. The van der Waals surface area contributed by atoms with Crippen LogP contribution in [-0.4, -0.2) is 5.78 Å². The Labute approximate surface area is 147 Å². The van der Waals surface area contributed by atoms with Gasteiger partial charge in [-0.1, -0.05) is 104 Å². The van der Waals surface area contributed by atoms with Crippen molar-refractivity contribution in [1.29, 1.82) is 0 Å². The molecule has 138 valence electrons. The Morgan fingerprint density at radius 3 is 1.48 bits per heavy atom. The molecule has 0 spiro atoms. The van der Waals surface area contributed by atoms with Crippen molar-refractivity contribution >= 4 is 5.78 Å². The van der Waals surface area contributed by atoms with E-state index in [2.05, 4.69) is 20.8 Å². The van der Waals surface area contributed by atoms with Gasteiger partial charge in [0.1, 0.15) is 5.78 Å². The highest BCUT2D eigenvalue weighted by Crippen LogP contribution is 2.19. The maximum atomic E-state index is 12.1. The van der Waals surface area contributed by atoms with Crippen LogP contribution in [0.1, 0.15) is 130 Å². The zero-order chi connectivity index (χ0) is 17.2. The van der Waals surface area contributed by atoms with Crippen LogP contribution in [0.4, 0.5) is 0 Å². The zero-order valence-corrected chi connectivity index (χ0v) is 16.5. The summed E-state index contributed by atoms with van der Waals surface area (Å²) in [7, 11) is 0. The fourth-order valence-electron chi connectivity index (χ4n) is 3.38. The van der Waals surface area contributed by atoms with E-state index in [0.29, 0.717) is 11.7 Å². The first-order chi connectivity index (χ1) is 11.3. The Kier molecular flexibility index (Phi) is 17.8. The quantitative estimate of drug-likeness (QED) is 0.234. The number of carbonyl (C=O) groups excluding carboxylic acids is 1. The minimum absolute atomic E-state index is 0.352. The molecule has 1 unspecified atom stereocenters. The lowest BCUT2D eigenvalue weighted by Crippen LogP contribution is -2.13. The largest absolute Gasteiger partial charge is 0.299 e. The van der Waals surface area contributed by atoms with Gasteiger partial charge in [0.05, 0.1) is 0 Å². The maximum Gasteiger partial charge on any atom is 0.135 e. The van der Waals surface area contributed by atoms with Crippen LogP contribution in [0.15, 0.2) is 0 Å². The van der Waals surface area contributed by atoms with E-state index < -0.39 is 0 Å². The van der Waals surface area contributed by atoms with Gasteiger partial charge >= 0.3 is 0 Å². The molecule has 0 heterocycles. The highest BCUT2D eigenvalue weighted by molar-refractivity contribution is 5.80. The number of carbonyl (C=O) groups is 1. The first-order valence-corrected chi connectivity index (χ1v) is 10.8. The molecule has 0 aromatic carbocycles. The number of unbranched alkanes of at least 4 members (excludes halogenated alkanes) is 12. The molecule has 0 N–H and O–H groups in total. The van der Waals surface area contributed by atoms with Crippen LogP contribution in [0.2, 0.25) is 0 Å². The monoisotopic (exact) mass is 324 g/mol. The van der Waals surface area contributed by atoms with E-state index in [-0.39, 0.29) is 0 Å². The van der Waals surface area contributed by atoms with Gasteiger partial charge in [0.2, 0.25) is 0 Å². The molecule has 23 heavy (non-hydrogen) atoms. The highest BCUT2D eigenvalue weighted by Gasteiger charge is 2.14. The molecule has 0 aliphatic rings. The van der Waals surface area contributed by atoms with Crippen molar-refractivity contribution in [3.63, 3.8) is 0 Å². The molecular weight excluding hydrogens is 280 g/mol. The molecule has 0 aromatic heterocycles. The summed E-state index contributed by atoms with van der Waals surface area (Å²) in [5.41, 5.74) is 0. The first kappa shape index (κ1) is 22.7. The van der Waals surface area contributed by atoms with E-state index in [1.54, 1.807) is 0 Å². The second-order valence-corrected chi connectivity index (χ2v) is 7.35. The summed E-state index contributed by atoms with van der Waals surface area (Å²) >= 11 is 0.